The van der Waals surface area contributed by atoms with Gasteiger partial charge in [0.05, 0.1) is 6.33 Å². The van der Waals surface area contributed by atoms with Crippen molar-refractivity contribution in [3.63, 3.8) is 0 Å². The molecule has 0 aliphatic heterocycles. The molecule has 0 aromatic carbocycles. The van der Waals surface area contributed by atoms with Gasteiger partial charge >= 0.3 is 0 Å². The molecule has 2 unspecified atom stereocenters. The molecule has 0 bridgehead atoms. The van der Waals surface area contributed by atoms with Crippen molar-refractivity contribution in [2.45, 2.75) is 25.7 Å². The number of hydrogen-bond acceptors (Lipinski definition) is 3. The van der Waals surface area contributed by atoms with E-state index in [1.807, 2.05) is 10.8 Å². The number of imidazole rings is 2. The smallest absolute Gasteiger partial charge is 0.235 e. The topological polar surface area (TPSA) is 52.7 Å². The van der Waals surface area contributed by atoms with Crippen molar-refractivity contribution in [2.24, 2.45) is 11.8 Å². The summed E-state index contributed by atoms with van der Waals surface area (Å²) in [5.74, 6) is 0.272. The monoisotopic (exact) mass is 270 g/mol. The van der Waals surface area contributed by atoms with E-state index in [1.165, 1.54) is 0 Å². The Morgan fingerprint density at radius 3 is 2.20 bits per heavy atom. The first-order valence-corrected chi connectivity index (χ1v) is 6.96. The Morgan fingerprint density at radius 1 is 1.00 bits per heavy atom. The Bertz CT molecular complexity index is 531. The minimum absolute atomic E-state index is 0.0205. The third-order valence-electron chi connectivity index (χ3n) is 4.11. The van der Waals surface area contributed by atoms with Crippen molar-refractivity contribution in [1.29, 1.82) is 0 Å². The van der Waals surface area contributed by atoms with Crippen molar-refractivity contribution in [1.82, 2.24) is 19.1 Å². The molecular weight excluding hydrogens is 252 g/mol. The zero-order valence-corrected chi connectivity index (χ0v) is 11.4. The molecule has 1 aliphatic rings. The number of carbonyl (C=O) groups is 1. The SMILES string of the molecule is C=C(C1CCCCC1C(=O)n1ccnc1)n1ccnc1. The zero-order valence-electron chi connectivity index (χ0n) is 11.4. The molecule has 0 spiro atoms. The van der Waals surface area contributed by atoms with E-state index in [9.17, 15) is 4.79 Å². The van der Waals surface area contributed by atoms with Crippen molar-refractivity contribution < 1.29 is 4.79 Å². The van der Waals surface area contributed by atoms with Crippen LogP contribution in [0.3, 0.4) is 0 Å². The van der Waals surface area contributed by atoms with E-state index < -0.39 is 0 Å². The summed E-state index contributed by atoms with van der Waals surface area (Å²) in [5, 5.41) is 0. The summed E-state index contributed by atoms with van der Waals surface area (Å²) < 4.78 is 3.51. The molecule has 0 N–H and O–H groups in total. The van der Waals surface area contributed by atoms with E-state index in [4.69, 9.17) is 0 Å². The standard InChI is InChI=1S/C15H18N4O/c1-12(18-8-6-16-10-18)13-4-2-3-5-14(13)15(20)19-9-7-17-11-19/h6-11,13-14H,1-5H2. The first-order valence-electron chi connectivity index (χ1n) is 6.96. The van der Waals surface area contributed by atoms with E-state index in [1.54, 1.807) is 35.8 Å². The van der Waals surface area contributed by atoms with Crippen molar-refractivity contribution >= 4 is 11.6 Å². The fourth-order valence-electron chi connectivity index (χ4n) is 3.03. The van der Waals surface area contributed by atoms with Crippen LogP contribution in [0.1, 0.15) is 30.5 Å². The third kappa shape index (κ3) is 2.31. The lowest BCUT2D eigenvalue weighted by molar-refractivity contribution is 0.0766. The minimum Gasteiger partial charge on any atom is -0.310 e. The van der Waals surface area contributed by atoms with Crippen LogP contribution in [0.15, 0.2) is 44.0 Å². The molecule has 2 heterocycles. The molecule has 104 valence electrons. The van der Waals surface area contributed by atoms with Gasteiger partial charge in [-0.25, -0.2) is 9.97 Å². The highest BCUT2D eigenvalue weighted by Crippen LogP contribution is 2.37. The van der Waals surface area contributed by atoms with Gasteiger partial charge in [-0.05, 0) is 12.8 Å². The largest absolute Gasteiger partial charge is 0.310 e. The molecular formula is C15H18N4O. The molecule has 5 heteroatoms. The predicted octanol–water partition coefficient (Wildman–Crippen LogP) is 2.70. The summed E-state index contributed by atoms with van der Waals surface area (Å²) in [6.45, 7) is 4.18. The number of nitrogens with zero attached hydrogens (tertiary/aromatic N) is 4. The van der Waals surface area contributed by atoms with Crippen molar-refractivity contribution in [2.75, 3.05) is 0 Å². The van der Waals surface area contributed by atoms with Gasteiger partial charge in [0, 0.05) is 42.3 Å². The summed E-state index contributed by atoms with van der Waals surface area (Å²) in [6.07, 6.45) is 14.5. The van der Waals surface area contributed by atoms with Gasteiger partial charge in [0.2, 0.25) is 5.91 Å². The maximum atomic E-state index is 12.6. The number of allylic oxidation sites excluding steroid dienone is 1. The lowest BCUT2D eigenvalue weighted by Gasteiger charge is -2.32. The van der Waals surface area contributed by atoms with Gasteiger partial charge < -0.3 is 4.57 Å². The summed E-state index contributed by atoms with van der Waals surface area (Å²) >= 11 is 0. The van der Waals surface area contributed by atoms with E-state index >= 15 is 0 Å². The number of hydrogen-bond donors (Lipinski definition) is 0. The van der Waals surface area contributed by atoms with Gasteiger partial charge in [0.25, 0.3) is 0 Å². The lowest BCUT2D eigenvalue weighted by atomic mass is 9.77. The number of rotatable bonds is 3. The van der Waals surface area contributed by atoms with Gasteiger partial charge in [-0.1, -0.05) is 19.4 Å². The van der Waals surface area contributed by atoms with Crippen LogP contribution in [0, 0.1) is 11.8 Å². The van der Waals surface area contributed by atoms with Crippen LogP contribution in [0.2, 0.25) is 0 Å². The molecule has 0 saturated heterocycles. The zero-order chi connectivity index (χ0) is 13.9. The number of carbonyl (C=O) groups excluding carboxylic acids is 1. The van der Waals surface area contributed by atoms with Gasteiger partial charge in [0.1, 0.15) is 6.33 Å². The molecule has 1 fully saturated rings. The van der Waals surface area contributed by atoms with E-state index in [0.29, 0.717) is 0 Å². The van der Waals surface area contributed by atoms with Crippen LogP contribution in [0.4, 0.5) is 0 Å². The van der Waals surface area contributed by atoms with Gasteiger partial charge in [0.15, 0.2) is 0 Å². The van der Waals surface area contributed by atoms with Gasteiger partial charge in [-0.15, -0.1) is 0 Å². The van der Waals surface area contributed by atoms with Crippen LogP contribution in [0.25, 0.3) is 5.70 Å². The second-order valence-electron chi connectivity index (χ2n) is 5.27. The molecule has 0 radical (unpaired) electrons. The van der Waals surface area contributed by atoms with Crippen molar-refractivity contribution in [3.05, 3.63) is 44.0 Å². The quantitative estimate of drug-likeness (QED) is 0.861. The fraction of sp³-hybridized carbons (Fsp3) is 0.400. The molecule has 1 saturated carbocycles. The lowest BCUT2D eigenvalue weighted by Crippen LogP contribution is -2.32. The van der Waals surface area contributed by atoms with Crippen LogP contribution in [-0.4, -0.2) is 25.0 Å². The number of aromatic nitrogens is 4. The predicted molar refractivity (Wildman–Crippen MR) is 75.9 cm³/mol. The van der Waals surface area contributed by atoms with E-state index in [-0.39, 0.29) is 17.7 Å². The summed E-state index contributed by atoms with van der Waals surface area (Å²) in [6, 6.07) is 0. The maximum Gasteiger partial charge on any atom is 0.235 e. The normalized spacial score (nSPS) is 22.6. The Hall–Kier alpha value is -2.17. The third-order valence-corrected chi connectivity index (χ3v) is 4.11. The fourth-order valence-corrected chi connectivity index (χ4v) is 3.03. The molecule has 0 amide bonds. The average Bonchev–Trinajstić information content (AvgIpc) is 3.18. The van der Waals surface area contributed by atoms with Gasteiger partial charge in [-0.2, -0.15) is 0 Å². The van der Waals surface area contributed by atoms with E-state index in [0.717, 1.165) is 31.4 Å². The van der Waals surface area contributed by atoms with Crippen LogP contribution >= 0.6 is 0 Å². The Morgan fingerprint density at radius 2 is 1.60 bits per heavy atom. The molecule has 1 aliphatic carbocycles. The second-order valence-corrected chi connectivity index (χ2v) is 5.27. The Balaban J connectivity index is 1.84. The molecule has 2 atom stereocenters. The highest BCUT2D eigenvalue weighted by atomic mass is 16.2. The summed E-state index contributed by atoms with van der Waals surface area (Å²) in [4.78, 5) is 20.6. The molecule has 20 heavy (non-hydrogen) atoms. The average molecular weight is 270 g/mol. The molecule has 3 rings (SSSR count). The Labute approximate surface area is 118 Å². The summed E-state index contributed by atoms with van der Waals surface area (Å²) in [7, 11) is 0. The first kappa shape index (κ1) is 12.8. The minimum atomic E-state index is -0.0205. The molecule has 2 aromatic heterocycles. The van der Waals surface area contributed by atoms with Crippen LogP contribution in [0.5, 0.6) is 0 Å². The first-order chi connectivity index (χ1) is 9.77. The Kier molecular flexibility index (Phi) is 3.50. The molecule has 2 aromatic rings. The maximum absolute atomic E-state index is 12.6. The highest BCUT2D eigenvalue weighted by molar-refractivity contribution is 5.83. The molecule has 5 nitrogen and oxygen atoms in total. The van der Waals surface area contributed by atoms with Crippen molar-refractivity contribution in [3.8, 4) is 0 Å². The van der Waals surface area contributed by atoms with E-state index in [2.05, 4.69) is 16.5 Å². The van der Waals surface area contributed by atoms with Gasteiger partial charge in [-0.3, -0.25) is 9.36 Å². The highest BCUT2D eigenvalue weighted by Gasteiger charge is 2.33. The van der Waals surface area contributed by atoms with Crippen LogP contribution in [-0.2, 0) is 0 Å². The summed E-state index contributed by atoms with van der Waals surface area (Å²) in [5.41, 5.74) is 0.959. The second kappa shape index (κ2) is 5.45. The van der Waals surface area contributed by atoms with Crippen LogP contribution < -0.4 is 0 Å².